The van der Waals surface area contributed by atoms with E-state index in [4.69, 9.17) is 4.74 Å². The van der Waals surface area contributed by atoms with Crippen LogP contribution in [0.5, 0.6) is 0 Å². The van der Waals surface area contributed by atoms with Crippen LogP contribution in [0.15, 0.2) is 30.3 Å². The summed E-state index contributed by atoms with van der Waals surface area (Å²) in [6.45, 7) is 3.30. The second kappa shape index (κ2) is 10.3. The highest BCUT2D eigenvalue weighted by atomic mass is 32.2. The van der Waals surface area contributed by atoms with E-state index in [1.165, 1.54) is 0 Å². The van der Waals surface area contributed by atoms with Crippen molar-refractivity contribution in [2.75, 3.05) is 45.1 Å². The predicted molar refractivity (Wildman–Crippen MR) is 102 cm³/mol. The Morgan fingerprint density at radius 3 is 2.33 bits per heavy atom. The number of hydrogen-bond acceptors (Lipinski definition) is 5. The SMILES string of the molecule is CCOC(=O)N1CCN(C(=O)CNS(=O)(=O)CCCc2ccccc2)CC1. The number of rotatable bonds is 8. The van der Waals surface area contributed by atoms with E-state index in [9.17, 15) is 18.0 Å². The second-order valence-corrected chi connectivity index (χ2v) is 8.22. The van der Waals surface area contributed by atoms with Gasteiger partial charge in [0, 0.05) is 26.2 Å². The normalized spacial score (nSPS) is 14.9. The van der Waals surface area contributed by atoms with Crippen molar-refractivity contribution in [1.82, 2.24) is 14.5 Å². The highest BCUT2D eigenvalue weighted by Crippen LogP contribution is 2.05. The summed E-state index contributed by atoms with van der Waals surface area (Å²) in [5.74, 6) is -0.309. The Balaban J connectivity index is 1.69. The van der Waals surface area contributed by atoms with Crippen LogP contribution in [-0.2, 0) is 26.0 Å². The molecule has 1 aromatic carbocycles. The quantitative estimate of drug-likeness (QED) is 0.701. The van der Waals surface area contributed by atoms with Crippen molar-refractivity contribution in [2.45, 2.75) is 19.8 Å². The van der Waals surface area contributed by atoms with Crippen LogP contribution in [0.25, 0.3) is 0 Å². The monoisotopic (exact) mass is 397 g/mol. The summed E-state index contributed by atoms with van der Waals surface area (Å²) in [4.78, 5) is 27.0. The van der Waals surface area contributed by atoms with Crippen molar-refractivity contribution in [3.63, 3.8) is 0 Å². The van der Waals surface area contributed by atoms with Gasteiger partial charge < -0.3 is 14.5 Å². The molecule has 27 heavy (non-hydrogen) atoms. The molecule has 0 aromatic heterocycles. The minimum Gasteiger partial charge on any atom is -0.450 e. The molecule has 150 valence electrons. The van der Waals surface area contributed by atoms with Gasteiger partial charge in [0.15, 0.2) is 0 Å². The molecule has 1 saturated heterocycles. The van der Waals surface area contributed by atoms with Gasteiger partial charge in [-0.15, -0.1) is 0 Å². The first kappa shape index (κ1) is 21.2. The summed E-state index contributed by atoms with van der Waals surface area (Å²) in [5, 5.41) is 0. The van der Waals surface area contributed by atoms with Gasteiger partial charge in [0.25, 0.3) is 0 Å². The molecule has 1 fully saturated rings. The number of carbonyl (C=O) groups is 2. The predicted octanol–water partition coefficient (Wildman–Crippen LogP) is 0.839. The molecule has 0 saturated carbocycles. The molecule has 2 amide bonds. The van der Waals surface area contributed by atoms with Gasteiger partial charge in [-0.25, -0.2) is 17.9 Å². The average Bonchev–Trinajstić information content (AvgIpc) is 2.67. The number of amides is 2. The minimum absolute atomic E-state index is 0.0220. The molecule has 1 aromatic rings. The van der Waals surface area contributed by atoms with Crippen molar-refractivity contribution in [3.05, 3.63) is 35.9 Å². The minimum atomic E-state index is -3.50. The fourth-order valence-electron chi connectivity index (χ4n) is 2.82. The number of hydrogen-bond donors (Lipinski definition) is 1. The second-order valence-electron chi connectivity index (χ2n) is 6.30. The third kappa shape index (κ3) is 7.18. The molecule has 1 heterocycles. The summed E-state index contributed by atoms with van der Waals surface area (Å²) in [7, 11) is -3.50. The first-order valence-corrected chi connectivity index (χ1v) is 10.8. The molecular weight excluding hydrogens is 370 g/mol. The fraction of sp³-hybridized carbons (Fsp3) is 0.556. The Bertz CT molecular complexity index is 716. The van der Waals surface area contributed by atoms with E-state index in [1.807, 2.05) is 30.3 Å². The van der Waals surface area contributed by atoms with Gasteiger partial charge in [-0.1, -0.05) is 30.3 Å². The van der Waals surface area contributed by atoms with Crippen LogP contribution in [0.2, 0.25) is 0 Å². The molecule has 0 radical (unpaired) electrons. The maximum Gasteiger partial charge on any atom is 0.409 e. The third-order valence-corrected chi connectivity index (χ3v) is 5.73. The maximum atomic E-state index is 12.2. The summed E-state index contributed by atoms with van der Waals surface area (Å²) in [6.07, 6.45) is 0.779. The van der Waals surface area contributed by atoms with Crippen molar-refractivity contribution in [1.29, 1.82) is 0 Å². The van der Waals surface area contributed by atoms with Crippen LogP contribution in [-0.4, -0.2) is 75.3 Å². The molecule has 1 N–H and O–H groups in total. The number of nitrogens with zero attached hydrogens (tertiary/aromatic N) is 2. The molecule has 0 atom stereocenters. The largest absolute Gasteiger partial charge is 0.450 e. The lowest BCUT2D eigenvalue weighted by atomic mass is 10.1. The zero-order valence-electron chi connectivity index (χ0n) is 15.6. The highest BCUT2D eigenvalue weighted by molar-refractivity contribution is 7.89. The summed E-state index contributed by atoms with van der Waals surface area (Å²) >= 11 is 0. The number of ether oxygens (including phenoxy) is 1. The van der Waals surface area contributed by atoms with Gasteiger partial charge in [0.05, 0.1) is 18.9 Å². The van der Waals surface area contributed by atoms with Gasteiger partial charge >= 0.3 is 6.09 Å². The van der Waals surface area contributed by atoms with Crippen molar-refractivity contribution >= 4 is 22.0 Å². The first-order chi connectivity index (χ1) is 12.9. The molecule has 9 heteroatoms. The van der Waals surface area contributed by atoms with Crippen LogP contribution < -0.4 is 4.72 Å². The number of nitrogens with one attached hydrogen (secondary N) is 1. The van der Waals surface area contributed by atoms with Gasteiger partial charge in [-0.3, -0.25) is 4.79 Å². The smallest absolute Gasteiger partial charge is 0.409 e. The topological polar surface area (TPSA) is 96.0 Å². The van der Waals surface area contributed by atoms with Crippen molar-refractivity contribution in [3.8, 4) is 0 Å². The molecule has 0 bridgehead atoms. The summed E-state index contributed by atoms with van der Waals surface area (Å²) in [5.41, 5.74) is 1.09. The van der Waals surface area contributed by atoms with Crippen LogP contribution in [0.3, 0.4) is 0 Å². The molecule has 1 aliphatic rings. The first-order valence-electron chi connectivity index (χ1n) is 9.12. The van der Waals surface area contributed by atoms with Crippen LogP contribution in [0.4, 0.5) is 4.79 Å². The van der Waals surface area contributed by atoms with E-state index in [0.29, 0.717) is 45.6 Å². The third-order valence-electron chi connectivity index (χ3n) is 4.32. The molecular formula is C18H27N3O5S. The molecule has 0 spiro atoms. The van der Waals surface area contributed by atoms with E-state index in [1.54, 1.807) is 16.7 Å². The number of carbonyl (C=O) groups excluding carboxylic acids is 2. The highest BCUT2D eigenvalue weighted by Gasteiger charge is 2.25. The average molecular weight is 397 g/mol. The lowest BCUT2D eigenvalue weighted by Crippen LogP contribution is -2.52. The Kier molecular flexibility index (Phi) is 8.05. The van der Waals surface area contributed by atoms with E-state index >= 15 is 0 Å². The molecule has 2 rings (SSSR count). The number of sulfonamides is 1. The van der Waals surface area contributed by atoms with Gasteiger partial charge in [-0.2, -0.15) is 0 Å². The zero-order chi connectivity index (χ0) is 19.7. The van der Waals surface area contributed by atoms with E-state index in [-0.39, 0.29) is 24.3 Å². The van der Waals surface area contributed by atoms with E-state index < -0.39 is 10.0 Å². The Hall–Kier alpha value is -2.13. The number of benzene rings is 1. The van der Waals surface area contributed by atoms with Crippen LogP contribution in [0.1, 0.15) is 18.9 Å². The lowest BCUT2D eigenvalue weighted by Gasteiger charge is -2.34. The van der Waals surface area contributed by atoms with E-state index in [0.717, 1.165) is 5.56 Å². The maximum absolute atomic E-state index is 12.2. The van der Waals surface area contributed by atoms with Gasteiger partial charge in [0.2, 0.25) is 15.9 Å². The Morgan fingerprint density at radius 1 is 1.07 bits per heavy atom. The Labute approximate surface area is 160 Å². The molecule has 1 aliphatic heterocycles. The van der Waals surface area contributed by atoms with Gasteiger partial charge in [0.1, 0.15) is 0 Å². The summed E-state index contributed by atoms with van der Waals surface area (Å²) in [6, 6.07) is 9.67. The molecule has 8 nitrogen and oxygen atoms in total. The Morgan fingerprint density at radius 2 is 1.70 bits per heavy atom. The zero-order valence-corrected chi connectivity index (χ0v) is 16.4. The van der Waals surface area contributed by atoms with Crippen molar-refractivity contribution < 1.29 is 22.7 Å². The number of aryl methyl sites for hydroxylation is 1. The fourth-order valence-corrected chi connectivity index (χ4v) is 3.83. The van der Waals surface area contributed by atoms with Crippen molar-refractivity contribution in [2.24, 2.45) is 0 Å². The lowest BCUT2D eigenvalue weighted by molar-refractivity contribution is -0.131. The van der Waals surface area contributed by atoms with E-state index in [2.05, 4.69) is 4.72 Å². The number of piperazine rings is 1. The molecule has 0 aliphatic carbocycles. The van der Waals surface area contributed by atoms with Crippen LogP contribution >= 0.6 is 0 Å². The summed E-state index contributed by atoms with van der Waals surface area (Å²) < 4.78 is 31.4. The van der Waals surface area contributed by atoms with Gasteiger partial charge in [-0.05, 0) is 25.3 Å². The van der Waals surface area contributed by atoms with Crippen LogP contribution in [0, 0.1) is 0 Å². The molecule has 0 unspecified atom stereocenters. The standard InChI is InChI=1S/C18H27N3O5S/c1-2-26-18(23)21-12-10-20(11-13-21)17(22)15-19-27(24,25)14-6-9-16-7-4-3-5-8-16/h3-5,7-8,19H,2,6,9-15H2,1H3.